The van der Waals surface area contributed by atoms with Crippen LogP contribution in [0.15, 0.2) is 60.9 Å². The monoisotopic (exact) mass is 901 g/mol. The number of carbonyl (C=O) groups excluding carboxylic acids is 7. The number of para-hydroxylation sites is 2. The van der Waals surface area contributed by atoms with E-state index in [1.165, 1.54) is 4.90 Å². The van der Waals surface area contributed by atoms with Crippen molar-refractivity contribution >= 4 is 63.2 Å². The Morgan fingerprint density at radius 1 is 0.697 bits per heavy atom. The molecule has 350 valence electrons. The van der Waals surface area contributed by atoms with Crippen LogP contribution in [-0.2, 0) is 46.4 Å². The van der Waals surface area contributed by atoms with E-state index >= 15 is 9.59 Å². The summed E-state index contributed by atoms with van der Waals surface area (Å²) in [6.45, 7) is 3.88. The van der Waals surface area contributed by atoms with Crippen molar-refractivity contribution in [1.29, 1.82) is 0 Å². The number of amides is 7. The lowest BCUT2D eigenvalue weighted by molar-refractivity contribution is -0.150. The third-order valence-corrected chi connectivity index (χ3v) is 15.4. The summed E-state index contributed by atoms with van der Waals surface area (Å²) >= 11 is 0. The summed E-state index contributed by atoms with van der Waals surface area (Å²) in [5, 5.41) is 13.9. The Labute approximate surface area is 384 Å². The number of carbonyl (C=O) groups is 7. The second-order valence-corrected chi connectivity index (χ2v) is 19.8. The maximum absolute atomic E-state index is 15.2. The Kier molecular flexibility index (Phi) is 12.7. The van der Waals surface area contributed by atoms with Gasteiger partial charge in [0, 0.05) is 65.5 Å². The number of aromatic amines is 2. The fourth-order valence-electron chi connectivity index (χ4n) is 11.9. The van der Waals surface area contributed by atoms with Crippen LogP contribution in [-0.4, -0.2) is 109 Å². The fraction of sp³-hybridized carbons (Fsp3) is 0.540. The van der Waals surface area contributed by atoms with Gasteiger partial charge in [0.05, 0.1) is 0 Å². The molecule has 4 aromatic rings. The Balaban J connectivity index is 1.14. The Bertz CT molecular complexity index is 2520. The number of nitrogens with two attached hydrogens (primary N) is 1. The predicted molar refractivity (Wildman–Crippen MR) is 247 cm³/mol. The number of hydrogen-bond donors (Lipinski definition) is 7. The van der Waals surface area contributed by atoms with Crippen LogP contribution in [0.3, 0.4) is 0 Å². The maximum Gasteiger partial charge on any atom is 0.246 e. The van der Waals surface area contributed by atoms with Gasteiger partial charge in [0.25, 0.3) is 0 Å². The van der Waals surface area contributed by atoms with Crippen LogP contribution in [0.2, 0.25) is 0 Å². The van der Waals surface area contributed by atoms with Gasteiger partial charge in [0.15, 0.2) is 0 Å². The lowest BCUT2D eigenvalue weighted by Gasteiger charge is -2.38. The first-order valence-electron chi connectivity index (χ1n) is 24.1. The molecule has 7 amide bonds. The van der Waals surface area contributed by atoms with Gasteiger partial charge >= 0.3 is 0 Å². The highest BCUT2D eigenvalue weighted by molar-refractivity contribution is 6.01. The second-order valence-electron chi connectivity index (χ2n) is 19.8. The number of rotatable bonds is 8. The van der Waals surface area contributed by atoms with Gasteiger partial charge in [0.2, 0.25) is 41.4 Å². The van der Waals surface area contributed by atoms with E-state index in [4.69, 9.17) is 5.73 Å². The van der Waals surface area contributed by atoms with Gasteiger partial charge in [-0.15, -0.1) is 0 Å². The molecule has 9 rings (SSSR count). The minimum atomic E-state index is -1.43. The molecule has 2 saturated carbocycles. The molecule has 5 heterocycles. The van der Waals surface area contributed by atoms with E-state index in [9.17, 15) is 24.0 Å². The summed E-state index contributed by atoms with van der Waals surface area (Å²) in [4.78, 5) is 113. The SMILES string of the molecule is CC(C)C(C[C@@H]1NC(=O)[C@H](Cc2c[nH]c3ccccc23)NC(=O)C2(CCCC2)NC(=O)[C@H](Cc2c[nH]c3ccccc23)NC(=O)[C@@H]2C[C@@H]3CCCC[C@@H]3N2C(=O)[C@H]2CCCN2C1=O)C(N)=O. The predicted octanol–water partition coefficient (Wildman–Crippen LogP) is 3.63. The minimum Gasteiger partial charge on any atom is -0.369 e. The molecule has 8 atom stereocenters. The Hall–Kier alpha value is -6.19. The highest BCUT2D eigenvalue weighted by atomic mass is 16.2. The molecule has 2 aromatic carbocycles. The number of H-pyrrole nitrogens is 2. The van der Waals surface area contributed by atoms with E-state index in [-0.39, 0.29) is 49.6 Å². The summed E-state index contributed by atoms with van der Waals surface area (Å²) in [7, 11) is 0. The molecule has 3 saturated heterocycles. The smallest absolute Gasteiger partial charge is 0.246 e. The lowest BCUT2D eigenvalue weighted by atomic mass is 9.84. The van der Waals surface area contributed by atoms with Gasteiger partial charge in [-0.2, -0.15) is 0 Å². The largest absolute Gasteiger partial charge is 0.369 e. The molecule has 0 radical (unpaired) electrons. The molecule has 16 nitrogen and oxygen atoms in total. The molecule has 66 heavy (non-hydrogen) atoms. The second kappa shape index (κ2) is 18.6. The van der Waals surface area contributed by atoms with Crippen LogP contribution in [0, 0.1) is 17.8 Å². The summed E-state index contributed by atoms with van der Waals surface area (Å²) in [5.41, 5.74) is 7.75. The van der Waals surface area contributed by atoms with Crippen molar-refractivity contribution in [3.05, 3.63) is 72.1 Å². The lowest BCUT2D eigenvalue weighted by Crippen LogP contribution is -2.65. The van der Waals surface area contributed by atoms with Crippen molar-refractivity contribution in [2.24, 2.45) is 23.5 Å². The Morgan fingerprint density at radius 3 is 1.94 bits per heavy atom. The molecule has 0 bridgehead atoms. The van der Waals surface area contributed by atoms with Gasteiger partial charge in [-0.3, -0.25) is 33.6 Å². The molecular formula is C50H63N9O7. The highest BCUT2D eigenvalue weighted by Gasteiger charge is 2.52. The zero-order valence-electron chi connectivity index (χ0n) is 37.9. The van der Waals surface area contributed by atoms with Crippen molar-refractivity contribution < 1.29 is 33.6 Å². The van der Waals surface area contributed by atoms with E-state index < -0.39 is 77.1 Å². The number of nitrogens with one attached hydrogen (secondary N) is 6. The van der Waals surface area contributed by atoms with Crippen LogP contribution in [0.1, 0.15) is 102 Å². The third kappa shape index (κ3) is 8.66. The normalized spacial score (nSPS) is 28.1. The van der Waals surface area contributed by atoms with E-state index in [0.29, 0.717) is 51.4 Å². The quantitative estimate of drug-likeness (QED) is 0.139. The number of fused-ring (bicyclic) bond motifs is 6. The molecule has 16 heteroatoms. The van der Waals surface area contributed by atoms with Crippen LogP contribution in [0.5, 0.6) is 0 Å². The summed E-state index contributed by atoms with van der Waals surface area (Å²) in [6, 6.07) is 9.61. The van der Waals surface area contributed by atoms with Gasteiger partial charge in [-0.25, -0.2) is 0 Å². The van der Waals surface area contributed by atoms with E-state index in [2.05, 4.69) is 31.2 Å². The van der Waals surface area contributed by atoms with Crippen molar-refractivity contribution in [1.82, 2.24) is 41.0 Å². The van der Waals surface area contributed by atoms with Crippen molar-refractivity contribution in [2.75, 3.05) is 6.54 Å². The number of hydrogen-bond acceptors (Lipinski definition) is 7. The molecule has 8 N–H and O–H groups in total. The number of aromatic nitrogens is 2. The van der Waals surface area contributed by atoms with Crippen molar-refractivity contribution in [2.45, 2.75) is 146 Å². The van der Waals surface area contributed by atoms with Gasteiger partial charge in [-0.1, -0.05) is 75.9 Å². The highest BCUT2D eigenvalue weighted by Crippen LogP contribution is 2.41. The molecule has 5 fully saturated rings. The summed E-state index contributed by atoms with van der Waals surface area (Å²) in [5.74, 6) is -4.71. The molecule has 1 spiro atoms. The van der Waals surface area contributed by atoms with Crippen molar-refractivity contribution in [3.63, 3.8) is 0 Å². The average molecular weight is 902 g/mol. The number of benzene rings is 2. The first kappa shape index (κ1) is 45.0. The first-order valence-corrected chi connectivity index (χ1v) is 24.1. The third-order valence-electron chi connectivity index (χ3n) is 15.4. The first-order chi connectivity index (χ1) is 31.8. The van der Waals surface area contributed by atoms with E-state index in [1.807, 2.05) is 68.6 Å². The standard InChI is InChI=1S/C50H63N9O7/c1-28(2)34(43(51)60)25-39-47(64)58-21-11-18-41(58)48(65)59-40-17-8-3-12-29(40)24-42(59)46(63)54-38(23-31-27-53-36-16-7-5-14-33(31)36)45(62)57-50(19-9-10-20-50)49(66)56-37(44(61)55-39)22-30-26-52-35-15-6-4-13-32(30)35/h4-7,13-16,26-29,34,37-42,52-53H,3,8-12,17-25H2,1-2H3,(H2,51,60)(H,54,63)(H,55,61)(H,56,66)(H,57,62)/t29-,34?,37-,38-,39-,40-,41+,42-/m0/s1. The zero-order chi connectivity index (χ0) is 46.3. The number of primary amides is 1. The topological polar surface area (TPSA) is 232 Å². The fourth-order valence-corrected chi connectivity index (χ4v) is 11.9. The van der Waals surface area contributed by atoms with Crippen LogP contribution in [0.4, 0.5) is 0 Å². The van der Waals surface area contributed by atoms with Crippen LogP contribution in [0.25, 0.3) is 21.8 Å². The molecule has 2 aliphatic carbocycles. The molecule has 5 aliphatic rings. The summed E-state index contributed by atoms with van der Waals surface area (Å²) < 4.78 is 0. The maximum atomic E-state index is 15.2. The number of nitrogens with zero attached hydrogens (tertiary/aromatic N) is 2. The molecular weight excluding hydrogens is 839 g/mol. The Morgan fingerprint density at radius 2 is 1.30 bits per heavy atom. The summed E-state index contributed by atoms with van der Waals surface area (Å²) in [6.07, 6.45) is 10.2. The molecule has 1 unspecified atom stereocenters. The van der Waals surface area contributed by atoms with Crippen molar-refractivity contribution in [3.8, 4) is 0 Å². The van der Waals surface area contributed by atoms with Gasteiger partial charge in [-0.05, 0) is 86.5 Å². The zero-order valence-corrected chi connectivity index (χ0v) is 37.9. The van der Waals surface area contributed by atoms with Gasteiger partial charge < -0.3 is 46.8 Å². The van der Waals surface area contributed by atoms with E-state index in [0.717, 1.165) is 52.2 Å². The van der Waals surface area contributed by atoms with E-state index in [1.54, 1.807) is 11.1 Å². The minimum absolute atomic E-state index is 0.0267. The van der Waals surface area contributed by atoms with Gasteiger partial charge in [0.1, 0.15) is 35.7 Å². The average Bonchev–Trinajstić information content (AvgIpc) is 4.17. The van der Waals surface area contributed by atoms with Crippen LogP contribution >= 0.6 is 0 Å². The molecule has 2 aromatic heterocycles. The van der Waals surface area contributed by atoms with Crippen LogP contribution < -0.4 is 27.0 Å². The molecule has 3 aliphatic heterocycles.